The molecule has 0 amide bonds. The second-order valence-electron chi connectivity index (χ2n) is 4.05. The number of hydrogen-bond donors (Lipinski definition) is 0. The van der Waals surface area contributed by atoms with Crippen molar-refractivity contribution in [2.75, 3.05) is 13.7 Å². The van der Waals surface area contributed by atoms with E-state index < -0.39 is 0 Å². The molecule has 0 N–H and O–H groups in total. The third-order valence-electron chi connectivity index (χ3n) is 2.73. The Balaban J connectivity index is 1.83. The number of carbonyl (C=O) groups is 1. The zero-order valence-electron chi connectivity index (χ0n) is 9.44. The summed E-state index contributed by atoms with van der Waals surface area (Å²) in [7, 11) is 1.42. The molecular formula is C13H16O3. The van der Waals surface area contributed by atoms with Gasteiger partial charge in [0.1, 0.15) is 0 Å². The SMILES string of the molecule is COC(=O)CCc1ccc(C[C@H]2CO2)cc1. The van der Waals surface area contributed by atoms with Gasteiger partial charge in [0.25, 0.3) is 0 Å². The van der Waals surface area contributed by atoms with Crippen LogP contribution in [0.5, 0.6) is 0 Å². The van der Waals surface area contributed by atoms with Crippen LogP contribution in [0, 0.1) is 0 Å². The summed E-state index contributed by atoms with van der Waals surface area (Å²) in [5.41, 5.74) is 2.47. The second kappa shape index (κ2) is 5.12. The Bertz CT molecular complexity index is 352. The minimum absolute atomic E-state index is 0.157. The molecule has 2 rings (SSSR count). The summed E-state index contributed by atoms with van der Waals surface area (Å²) in [6.45, 7) is 0.893. The van der Waals surface area contributed by atoms with E-state index in [1.807, 2.05) is 0 Å². The lowest BCUT2D eigenvalue weighted by Gasteiger charge is -2.02. The molecule has 0 aliphatic carbocycles. The Morgan fingerprint density at radius 3 is 2.56 bits per heavy atom. The van der Waals surface area contributed by atoms with Crippen molar-refractivity contribution in [1.82, 2.24) is 0 Å². The van der Waals surface area contributed by atoms with Gasteiger partial charge in [0.2, 0.25) is 0 Å². The first-order valence-corrected chi connectivity index (χ1v) is 5.54. The van der Waals surface area contributed by atoms with Gasteiger partial charge < -0.3 is 9.47 Å². The van der Waals surface area contributed by atoms with Gasteiger partial charge in [-0.15, -0.1) is 0 Å². The Labute approximate surface area is 95.4 Å². The van der Waals surface area contributed by atoms with Crippen molar-refractivity contribution in [2.45, 2.75) is 25.4 Å². The van der Waals surface area contributed by atoms with Crippen LogP contribution in [-0.2, 0) is 27.1 Å². The Hall–Kier alpha value is -1.35. The third kappa shape index (κ3) is 3.35. The van der Waals surface area contributed by atoms with E-state index in [-0.39, 0.29) is 5.97 Å². The zero-order chi connectivity index (χ0) is 11.4. The first-order valence-electron chi connectivity index (χ1n) is 5.54. The smallest absolute Gasteiger partial charge is 0.305 e. The largest absolute Gasteiger partial charge is 0.469 e. The van der Waals surface area contributed by atoms with Crippen LogP contribution in [0.25, 0.3) is 0 Å². The van der Waals surface area contributed by atoms with Crippen molar-refractivity contribution in [3.8, 4) is 0 Å². The fraction of sp³-hybridized carbons (Fsp3) is 0.462. The van der Waals surface area contributed by atoms with Crippen molar-refractivity contribution in [3.05, 3.63) is 35.4 Å². The predicted molar refractivity (Wildman–Crippen MR) is 60.2 cm³/mol. The summed E-state index contributed by atoms with van der Waals surface area (Å²) < 4.78 is 9.78. The number of benzene rings is 1. The highest BCUT2D eigenvalue weighted by molar-refractivity contribution is 5.69. The molecule has 0 saturated carbocycles. The Morgan fingerprint density at radius 1 is 1.38 bits per heavy atom. The topological polar surface area (TPSA) is 38.8 Å². The average molecular weight is 220 g/mol. The number of esters is 1. The van der Waals surface area contributed by atoms with E-state index in [1.165, 1.54) is 18.2 Å². The molecule has 1 atom stereocenters. The number of aryl methyl sites for hydroxylation is 1. The van der Waals surface area contributed by atoms with Gasteiger partial charge in [-0.05, 0) is 17.5 Å². The van der Waals surface area contributed by atoms with Gasteiger partial charge in [-0.25, -0.2) is 0 Å². The monoisotopic (exact) mass is 220 g/mol. The number of methoxy groups -OCH3 is 1. The van der Waals surface area contributed by atoms with Gasteiger partial charge in [-0.3, -0.25) is 4.79 Å². The zero-order valence-corrected chi connectivity index (χ0v) is 9.44. The number of carbonyl (C=O) groups excluding carboxylic acids is 1. The summed E-state index contributed by atoms with van der Waals surface area (Å²) in [4.78, 5) is 11.0. The summed E-state index contributed by atoms with van der Waals surface area (Å²) in [6.07, 6.45) is 2.62. The molecule has 1 aromatic rings. The summed E-state index contributed by atoms with van der Waals surface area (Å²) >= 11 is 0. The highest BCUT2D eigenvalue weighted by Crippen LogP contribution is 2.16. The molecule has 3 heteroatoms. The van der Waals surface area contributed by atoms with E-state index in [4.69, 9.17) is 4.74 Å². The van der Waals surface area contributed by atoms with Gasteiger partial charge in [0, 0.05) is 12.8 Å². The number of hydrogen-bond acceptors (Lipinski definition) is 3. The van der Waals surface area contributed by atoms with Crippen LogP contribution in [0.3, 0.4) is 0 Å². The minimum atomic E-state index is -0.157. The van der Waals surface area contributed by atoms with Crippen LogP contribution in [-0.4, -0.2) is 25.8 Å². The van der Waals surface area contributed by atoms with Crippen LogP contribution in [0.1, 0.15) is 17.5 Å². The normalized spacial score (nSPS) is 18.2. The van der Waals surface area contributed by atoms with Crippen molar-refractivity contribution in [2.24, 2.45) is 0 Å². The number of epoxide rings is 1. The van der Waals surface area contributed by atoms with E-state index in [2.05, 4.69) is 29.0 Å². The molecule has 0 spiro atoms. The molecule has 0 unspecified atom stereocenters. The van der Waals surface area contributed by atoms with Crippen LogP contribution in [0.15, 0.2) is 24.3 Å². The lowest BCUT2D eigenvalue weighted by atomic mass is 10.0. The van der Waals surface area contributed by atoms with E-state index in [0.717, 1.165) is 19.4 Å². The number of rotatable bonds is 5. The fourth-order valence-electron chi connectivity index (χ4n) is 1.64. The van der Waals surface area contributed by atoms with Crippen molar-refractivity contribution < 1.29 is 14.3 Å². The molecule has 1 aromatic carbocycles. The molecule has 3 nitrogen and oxygen atoms in total. The maximum absolute atomic E-state index is 11.0. The Morgan fingerprint density at radius 2 is 2.00 bits per heavy atom. The van der Waals surface area contributed by atoms with Gasteiger partial charge in [0.15, 0.2) is 0 Å². The van der Waals surface area contributed by atoms with E-state index >= 15 is 0 Å². The summed E-state index contributed by atoms with van der Waals surface area (Å²) in [5, 5.41) is 0. The maximum Gasteiger partial charge on any atom is 0.305 e. The molecule has 0 bridgehead atoms. The molecule has 0 radical (unpaired) electrons. The van der Waals surface area contributed by atoms with Crippen molar-refractivity contribution >= 4 is 5.97 Å². The maximum atomic E-state index is 11.0. The average Bonchev–Trinajstić information content (AvgIpc) is 3.11. The van der Waals surface area contributed by atoms with Gasteiger partial charge >= 0.3 is 5.97 Å². The molecule has 1 saturated heterocycles. The molecule has 1 aliphatic rings. The van der Waals surface area contributed by atoms with Gasteiger partial charge in [-0.2, -0.15) is 0 Å². The van der Waals surface area contributed by atoms with Crippen LogP contribution in [0.4, 0.5) is 0 Å². The molecular weight excluding hydrogens is 204 g/mol. The predicted octanol–water partition coefficient (Wildman–Crippen LogP) is 1.73. The molecule has 1 fully saturated rings. The van der Waals surface area contributed by atoms with Crippen LogP contribution >= 0.6 is 0 Å². The summed E-state index contributed by atoms with van der Waals surface area (Å²) in [6, 6.07) is 8.35. The molecule has 16 heavy (non-hydrogen) atoms. The Kier molecular flexibility index (Phi) is 3.57. The van der Waals surface area contributed by atoms with Crippen LogP contribution in [0.2, 0.25) is 0 Å². The molecule has 1 aliphatic heterocycles. The lowest BCUT2D eigenvalue weighted by Crippen LogP contribution is -2.02. The first kappa shape index (κ1) is 11.1. The summed E-state index contributed by atoms with van der Waals surface area (Å²) in [5.74, 6) is -0.157. The van der Waals surface area contributed by atoms with Gasteiger partial charge in [0.05, 0.1) is 19.8 Å². The van der Waals surface area contributed by atoms with Crippen molar-refractivity contribution in [3.63, 3.8) is 0 Å². The van der Waals surface area contributed by atoms with Gasteiger partial charge in [-0.1, -0.05) is 24.3 Å². The molecule has 1 heterocycles. The molecule has 86 valence electrons. The molecule has 0 aromatic heterocycles. The fourth-order valence-corrected chi connectivity index (χ4v) is 1.64. The van der Waals surface area contributed by atoms with E-state index in [1.54, 1.807) is 0 Å². The quantitative estimate of drug-likeness (QED) is 0.560. The number of ether oxygens (including phenoxy) is 2. The second-order valence-corrected chi connectivity index (χ2v) is 4.05. The lowest BCUT2D eigenvalue weighted by molar-refractivity contribution is -0.140. The highest BCUT2D eigenvalue weighted by atomic mass is 16.6. The highest BCUT2D eigenvalue weighted by Gasteiger charge is 2.22. The van der Waals surface area contributed by atoms with E-state index in [0.29, 0.717) is 12.5 Å². The third-order valence-corrected chi connectivity index (χ3v) is 2.73. The van der Waals surface area contributed by atoms with E-state index in [9.17, 15) is 4.79 Å². The van der Waals surface area contributed by atoms with Crippen molar-refractivity contribution in [1.29, 1.82) is 0 Å². The first-order chi connectivity index (χ1) is 7.78. The minimum Gasteiger partial charge on any atom is -0.469 e. The standard InChI is InChI=1S/C13H16O3/c1-15-13(14)7-6-10-2-4-11(5-3-10)8-12-9-16-12/h2-5,12H,6-9H2,1H3/t12-/m0/s1. The van der Waals surface area contributed by atoms with Crippen LogP contribution < -0.4 is 0 Å².